The molecule has 0 fully saturated rings. The second kappa shape index (κ2) is 2.55. The van der Waals surface area contributed by atoms with Crippen molar-refractivity contribution in [3.63, 3.8) is 0 Å². The van der Waals surface area contributed by atoms with Gasteiger partial charge in [0.15, 0.2) is 0 Å². The van der Waals surface area contributed by atoms with Crippen LogP contribution in [0.2, 0.25) is 0 Å². The van der Waals surface area contributed by atoms with Crippen LogP contribution in [0.15, 0.2) is 16.1 Å². The highest BCUT2D eigenvalue weighted by Gasteiger charge is 2.00. The van der Waals surface area contributed by atoms with Crippen LogP contribution in [0.3, 0.4) is 0 Å². The molecule has 0 aromatic heterocycles. The molecular formula is C5H6ClNS. The molecule has 1 heterocycles. The summed E-state index contributed by atoms with van der Waals surface area (Å²) in [6, 6.07) is 0. The maximum Gasteiger partial charge on any atom is 0.0958 e. The number of halogens is 1. The quantitative estimate of drug-likeness (QED) is 0.502. The van der Waals surface area contributed by atoms with Crippen LogP contribution in [0.4, 0.5) is 0 Å². The van der Waals surface area contributed by atoms with Gasteiger partial charge in [0.25, 0.3) is 0 Å². The van der Waals surface area contributed by atoms with E-state index < -0.39 is 0 Å². The van der Waals surface area contributed by atoms with Gasteiger partial charge in [0.2, 0.25) is 0 Å². The van der Waals surface area contributed by atoms with Gasteiger partial charge in [0, 0.05) is 6.21 Å². The van der Waals surface area contributed by atoms with Crippen molar-refractivity contribution in [2.24, 2.45) is 4.99 Å². The van der Waals surface area contributed by atoms with Crippen molar-refractivity contribution in [2.45, 2.75) is 11.8 Å². The first-order valence-corrected chi connectivity index (χ1v) is 3.25. The number of hydrogen-bond donors (Lipinski definition) is 1. The van der Waals surface area contributed by atoms with Crippen LogP contribution in [0, 0.1) is 0 Å². The first-order chi connectivity index (χ1) is 3.79. The number of aliphatic imine (C=N–C) groups is 1. The van der Waals surface area contributed by atoms with Crippen molar-refractivity contribution in [1.29, 1.82) is 0 Å². The maximum atomic E-state index is 5.56. The van der Waals surface area contributed by atoms with Crippen molar-refractivity contribution in [1.82, 2.24) is 0 Å². The minimum Gasteiger partial charge on any atom is -0.277 e. The van der Waals surface area contributed by atoms with Crippen molar-refractivity contribution in [3.05, 3.63) is 11.1 Å². The first-order valence-electron chi connectivity index (χ1n) is 2.36. The monoisotopic (exact) mass is 147 g/mol. The van der Waals surface area contributed by atoms with Gasteiger partial charge in [0.1, 0.15) is 0 Å². The molecule has 1 rings (SSSR count). The average molecular weight is 148 g/mol. The van der Waals surface area contributed by atoms with E-state index in [2.05, 4.69) is 17.6 Å². The zero-order chi connectivity index (χ0) is 5.98. The zero-order valence-electron chi connectivity index (χ0n) is 4.21. The summed E-state index contributed by atoms with van der Waals surface area (Å²) in [6.07, 6.45) is 4.38. The summed E-state index contributed by atoms with van der Waals surface area (Å²) in [6.45, 7) is 0. The third-order valence-electron chi connectivity index (χ3n) is 0.894. The Kier molecular flexibility index (Phi) is 1.97. The molecule has 1 aliphatic rings. The number of thiol groups is 1. The molecule has 44 valence electrons. The Morgan fingerprint density at radius 2 is 2.62 bits per heavy atom. The lowest BCUT2D eigenvalue weighted by molar-refractivity contribution is 0.935. The van der Waals surface area contributed by atoms with E-state index in [1.807, 2.05) is 6.08 Å². The molecule has 0 saturated heterocycles. The molecule has 0 aliphatic carbocycles. The molecule has 3 heteroatoms. The van der Waals surface area contributed by atoms with Crippen molar-refractivity contribution >= 4 is 30.4 Å². The predicted octanol–water partition coefficient (Wildman–Crippen LogP) is 1.84. The van der Waals surface area contributed by atoms with E-state index in [0.717, 1.165) is 11.5 Å². The molecule has 0 aromatic carbocycles. The lowest BCUT2D eigenvalue weighted by Gasteiger charge is -2.04. The van der Waals surface area contributed by atoms with Crippen LogP contribution >= 0.6 is 24.2 Å². The second-order valence-corrected chi connectivity index (χ2v) is 2.62. The van der Waals surface area contributed by atoms with Gasteiger partial charge in [-0.25, -0.2) is 0 Å². The molecular weight excluding hydrogens is 142 g/mol. The summed E-state index contributed by atoms with van der Waals surface area (Å²) in [5, 5.41) is 0.841. The molecule has 8 heavy (non-hydrogen) atoms. The Bertz CT molecular complexity index is 141. The third-order valence-corrected chi connectivity index (χ3v) is 1.49. The normalized spacial score (nSPS) is 27.8. The van der Waals surface area contributed by atoms with Crippen molar-refractivity contribution in [2.75, 3.05) is 0 Å². The highest BCUT2D eigenvalue weighted by Crippen LogP contribution is 2.12. The molecule has 0 amide bonds. The van der Waals surface area contributed by atoms with E-state index in [4.69, 9.17) is 11.6 Å². The van der Waals surface area contributed by atoms with Crippen LogP contribution in [-0.4, -0.2) is 11.6 Å². The lowest BCUT2D eigenvalue weighted by Crippen LogP contribution is -1.97. The predicted molar refractivity (Wildman–Crippen MR) is 39.8 cm³/mol. The third kappa shape index (κ3) is 1.53. The zero-order valence-corrected chi connectivity index (χ0v) is 5.86. The van der Waals surface area contributed by atoms with Gasteiger partial charge < -0.3 is 0 Å². The standard InChI is InChI=1S/C5H6ClNS/c6-4-1-2-5(8)7-3-4/h1,3,5,8H,2H2. The van der Waals surface area contributed by atoms with Gasteiger partial charge in [0.05, 0.1) is 10.4 Å². The highest BCUT2D eigenvalue weighted by atomic mass is 35.5. The van der Waals surface area contributed by atoms with Crippen molar-refractivity contribution < 1.29 is 0 Å². The number of rotatable bonds is 0. The Hall–Kier alpha value is 0.0500. The van der Waals surface area contributed by atoms with E-state index in [0.29, 0.717) is 0 Å². The van der Waals surface area contributed by atoms with Crippen LogP contribution in [0.5, 0.6) is 0 Å². The summed E-state index contributed by atoms with van der Waals surface area (Å²) < 4.78 is 0. The summed E-state index contributed by atoms with van der Waals surface area (Å²) in [5.74, 6) is 0. The molecule has 1 nitrogen and oxygen atoms in total. The first kappa shape index (κ1) is 6.17. The molecule has 1 unspecified atom stereocenters. The van der Waals surface area contributed by atoms with Crippen LogP contribution < -0.4 is 0 Å². The minimum atomic E-state index is 0.123. The minimum absolute atomic E-state index is 0.123. The number of allylic oxidation sites excluding steroid dienone is 1. The van der Waals surface area contributed by atoms with Gasteiger partial charge in [-0.15, -0.1) is 0 Å². The molecule has 0 spiro atoms. The van der Waals surface area contributed by atoms with Crippen LogP contribution in [-0.2, 0) is 0 Å². The Morgan fingerprint density at radius 3 is 3.00 bits per heavy atom. The topological polar surface area (TPSA) is 12.4 Å². The van der Waals surface area contributed by atoms with Crippen molar-refractivity contribution in [3.8, 4) is 0 Å². The van der Waals surface area contributed by atoms with Gasteiger partial charge in [-0.1, -0.05) is 17.7 Å². The number of hydrogen-bond acceptors (Lipinski definition) is 2. The molecule has 0 radical (unpaired) electrons. The Labute approximate surface area is 58.9 Å². The smallest absolute Gasteiger partial charge is 0.0958 e. The molecule has 0 aromatic rings. The largest absolute Gasteiger partial charge is 0.277 e. The maximum absolute atomic E-state index is 5.56. The summed E-state index contributed by atoms with van der Waals surface area (Å²) in [7, 11) is 0. The molecule has 0 N–H and O–H groups in total. The fourth-order valence-corrected chi connectivity index (χ4v) is 0.806. The lowest BCUT2D eigenvalue weighted by atomic mass is 10.3. The average Bonchev–Trinajstić information content (AvgIpc) is 1.77. The van der Waals surface area contributed by atoms with E-state index in [9.17, 15) is 0 Å². The van der Waals surface area contributed by atoms with Gasteiger partial charge in [-0.3, -0.25) is 4.99 Å². The van der Waals surface area contributed by atoms with Gasteiger partial charge in [-0.2, -0.15) is 12.6 Å². The molecule has 1 aliphatic heterocycles. The fraction of sp³-hybridized carbons (Fsp3) is 0.400. The van der Waals surface area contributed by atoms with E-state index in [-0.39, 0.29) is 5.37 Å². The number of nitrogens with zero attached hydrogens (tertiary/aromatic N) is 1. The molecule has 0 saturated carbocycles. The van der Waals surface area contributed by atoms with E-state index in [1.165, 1.54) is 0 Å². The summed E-state index contributed by atoms with van der Waals surface area (Å²) >= 11 is 9.66. The van der Waals surface area contributed by atoms with Gasteiger partial charge >= 0.3 is 0 Å². The molecule has 0 bridgehead atoms. The summed E-state index contributed by atoms with van der Waals surface area (Å²) in [5.41, 5.74) is 0. The fourth-order valence-electron chi connectivity index (χ4n) is 0.489. The van der Waals surface area contributed by atoms with E-state index >= 15 is 0 Å². The SMILES string of the molecule is SC1CC=C(Cl)C=N1. The number of dihydropyridines is 1. The van der Waals surface area contributed by atoms with Gasteiger partial charge in [-0.05, 0) is 6.42 Å². The summed E-state index contributed by atoms with van der Waals surface area (Å²) in [4.78, 5) is 3.95. The van der Waals surface area contributed by atoms with Crippen LogP contribution in [0.1, 0.15) is 6.42 Å². The highest BCUT2D eigenvalue weighted by molar-refractivity contribution is 7.80. The Morgan fingerprint density at radius 1 is 1.88 bits per heavy atom. The Balaban J connectivity index is 2.58. The van der Waals surface area contributed by atoms with Crippen LogP contribution in [0.25, 0.3) is 0 Å². The van der Waals surface area contributed by atoms with E-state index in [1.54, 1.807) is 6.21 Å². The second-order valence-electron chi connectivity index (χ2n) is 1.58. The molecule has 1 atom stereocenters.